The van der Waals surface area contributed by atoms with Gasteiger partial charge in [-0.25, -0.2) is 0 Å². The highest BCUT2D eigenvalue weighted by Gasteiger charge is 2.29. The van der Waals surface area contributed by atoms with Gasteiger partial charge < -0.3 is 19.5 Å². The zero-order chi connectivity index (χ0) is 23.2. The molecule has 0 saturated heterocycles. The molecule has 4 rings (SSSR count). The lowest BCUT2D eigenvalue weighted by Crippen LogP contribution is -2.18. The summed E-state index contributed by atoms with van der Waals surface area (Å²) in [6.07, 6.45) is 4.14. The maximum absolute atomic E-state index is 6.38. The number of hydrogen-bond acceptors (Lipinski definition) is 8. The third kappa shape index (κ3) is 5.28. The van der Waals surface area contributed by atoms with E-state index in [-0.39, 0.29) is 0 Å². The van der Waals surface area contributed by atoms with Gasteiger partial charge in [-0.05, 0) is 18.6 Å². The zero-order valence-electron chi connectivity index (χ0n) is 18.9. The van der Waals surface area contributed by atoms with Crippen LogP contribution in [0.3, 0.4) is 0 Å². The van der Waals surface area contributed by atoms with Gasteiger partial charge in [0.05, 0.1) is 19.8 Å². The summed E-state index contributed by atoms with van der Waals surface area (Å²) in [5.41, 5.74) is 2.99. The predicted molar refractivity (Wildman–Crippen MR) is 132 cm³/mol. The molecular formula is C24H27ClN4O3S. The van der Waals surface area contributed by atoms with Crippen molar-refractivity contribution < 1.29 is 14.2 Å². The molecule has 174 valence electrons. The Balaban J connectivity index is 1.71. The molecule has 33 heavy (non-hydrogen) atoms. The first-order valence-corrected chi connectivity index (χ1v) is 12.3. The molecule has 1 aromatic heterocycles. The third-order valence-electron chi connectivity index (χ3n) is 5.32. The van der Waals surface area contributed by atoms with E-state index in [1.807, 2.05) is 24.3 Å². The molecule has 9 heteroatoms. The van der Waals surface area contributed by atoms with Crippen LogP contribution in [0.1, 0.15) is 44.4 Å². The van der Waals surface area contributed by atoms with Crippen LogP contribution in [-0.4, -0.2) is 35.2 Å². The van der Waals surface area contributed by atoms with E-state index in [9.17, 15) is 0 Å². The summed E-state index contributed by atoms with van der Waals surface area (Å²) >= 11 is 7.97. The molecule has 1 aliphatic heterocycles. The van der Waals surface area contributed by atoms with Gasteiger partial charge in [-0.1, -0.05) is 67.7 Å². The van der Waals surface area contributed by atoms with Crippen molar-refractivity contribution in [1.29, 1.82) is 0 Å². The minimum Gasteiger partial charge on any atom is -0.493 e. The van der Waals surface area contributed by atoms with Gasteiger partial charge in [0.2, 0.25) is 17.3 Å². The number of fused-ring (bicyclic) bond motifs is 3. The maximum Gasteiger partial charge on any atom is 0.247 e. The molecule has 1 N–H and O–H groups in total. The second kappa shape index (κ2) is 10.9. The largest absolute Gasteiger partial charge is 0.493 e. The number of anilines is 1. The lowest BCUT2D eigenvalue weighted by molar-refractivity contribution is 0.218. The molecule has 2 heterocycles. The molecule has 0 bridgehead atoms. The lowest BCUT2D eigenvalue weighted by atomic mass is 10.1. The van der Waals surface area contributed by atoms with E-state index in [1.165, 1.54) is 19.3 Å². The van der Waals surface area contributed by atoms with Gasteiger partial charge in [0.15, 0.2) is 17.2 Å². The van der Waals surface area contributed by atoms with Gasteiger partial charge in [0, 0.05) is 28.1 Å². The van der Waals surface area contributed by atoms with Crippen molar-refractivity contribution in [2.75, 3.05) is 25.3 Å². The molecule has 0 spiro atoms. The van der Waals surface area contributed by atoms with Crippen LogP contribution in [0.4, 0.5) is 5.69 Å². The van der Waals surface area contributed by atoms with Crippen molar-refractivity contribution in [2.24, 2.45) is 0 Å². The van der Waals surface area contributed by atoms with Crippen LogP contribution in [0, 0.1) is 0 Å². The number of ether oxygens (including phenoxy) is 3. The number of para-hydroxylation sites is 1. The van der Waals surface area contributed by atoms with Crippen molar-refractivity contribution in [2.45, 2.75) is 44.0 Å². The SMILES string of the molecule is CCCCCCSc1nnc2c(n1)O[C@H](c1cc(Cl)cc(OC)c1OC)Nc1ccccc1-2. The quantitative estimate of drug-likeness (QED) is 0.275. The monoisotopic (exact) mass is 486 g/mol. The molecule has 0 radical (unpaired) electrons. The molecule has 1 atom stereocenters. The number of benzene rings is 2. The molecular weight excluding hydrogens is 460 g/mol. The van der Waals surface area contributed by atoms with E-state index in [4.69, 9.17) is 30.8 Å². The summed E-state index contributed by atoms with van der Waals surface area (Å²) in [6.45, 7) is 2.21. The van der Waals surface area contributed by atoms with Crippen LogP contribution in [0.2, 0.25) is 5.02 Å². The highest BCUT2D eigenvalue weighted by atomic mass is 35.5. The maximum atomic E-state index is 6.38. The first kappa shape index (κ1) is 23.4. The number of rotatable bonds is 9. The third-order valence-corrected chi connectivity index (χ3v) is 6.46. The Morgan fingerprint density at radius 2 is 1.94 bits per heavy atom. The number of hydrogen-bond donors (Lipinski definition) is 1. The molecule has 0 saturated carbocycles. The number of nitrogens with zero attached hydrogens (tertiary/aromatic N) is 3. The molecule has 7 nitrogen and oxygen atoms in total. The topological polar surface area (TPSA) is 78.4 Å². The molecule has 1 aliphatic rings. The number of thioether (sulfide) groups is 1. The van der Waals surface area contributed by atoms with Crippen LogP contribution in [0.15, 0.2) is 41.6 Å². The van der Waals surface area contributed by atoms with Crippen molar-refractivity contribution in [3.05, 3.63) is 47.0 Å². The molecule has 2 aromatic carbocycles. The van der Waals surface area contributed by atoms with E-state index in [2.05, 4.69) is 22.4 Å². The van der Waals surface area contributed by atoms with Crippen molar-refractivity contribution in [1.82, 2.24) is 15.2 Å². The Morgan fingerprint density at radius 1 is 1.09 bits per heavy atom. The summed E-state index contributed by atoms with van der Waals surface area (Å²) in [7, 11) is 3.16. The molecule has 0 unspecified atom stereocenters. The summed E-state index contributed by atoms with van der Waals surface area (Å²) < 4.78 is 17.5. The van der Waals surface area contributed by atoms with E-state index >= 15 is 0 Å². The van der Waals surface area contributed by atoms with Crippen molar-refractivity contribution >= 4 is 29.1 Å². The van der Waals surface area contributed by atoms with Crippen LogP contribution >= 0.6 is 23.4 Å². The molecule has 0 fully saturated rings. The normalized spacial score (nSPS) is 14.4. The summed E-state index contributed by atoms with van der Waals surface area (Å²) in [4.78, 5) is 4.71. The minimum atomic E-state index is -0.631. The highest BCUT2D eigenvalue weighted by molar-refractivity contribution is 7.99. The number of nitrogens with one attached hydrogen (secondary N) is 1. The molecule has 0 aliphatic carbocycles. The fourth-order valence-electron chi connectivity index (χ4n) is 3.70. The second-order valence-corrected chi connectivity index (χ2v) is 9.07. The Morgan fingerprint density at radius 3 is 2.73 bits per heavy atom. The smallest absolute Gasteiger partial charge is 0.247 e. The van der Waals surface area contributed by atoms with Crippen LogP contribution < -0.4 is 19.5 Å². The van der Waals surface area contributed by atoms with Crippen LogP contribution in [-0.2, 0) is 0 Å². The van der Waals surface area contributed by atoms with Gasteiger partial charge in [-0.2, -0.15) is 4.98 Å². The Kier molecular flexibility index (Phi) is 7.77. The summed E-state index contributed by atoms with van der Waals surface area (Å²) in [5.74, 6) is 2.41. The average molecular weight is 487 g/mol. The zero-order valence-corrected chi connectivity index (χ0v) is 20.5. The van der Waals surface area contributed by atoms with Gasteiger partial charge >= 0.3 is 0 Å². The van der Waals surface area contributed by atoms with Crippen LogP contribution in [0.25, 0.3) is 11.3 Å². The molecule has 3 aromatic rings. The fraction of sp³-hybridized carbons (Fsp3) is 0.375. The Hall–Kier alpha value is -2.71. The van der Waals surface area contributed by atoms with Crippen LogP contribution in [0.5, 0.6) is 17.4 Å². The molecule has 0 amide bonds. The van der Waals surface area contributed by atoms with E-state index < -0.39 is 6.23 Å². The first-order valence-electron chi connectivity index (χ1n) is 11.0. The number of unbranched alkanes of at least 4 members (excludes halogenated alkanes) is 3. The summed E-state index contributed by atoms with van der Waals surface area (Å²) in [6, 6.07) is 11.3. The summed E-state index contributed by atoms with van der Waals surface area (Å²) in [5, 5.41) is 13.4. The average Bonchev–Trinajstić information content (AvgIpc) is 2.99. The van der Waals surface area contributed by atoms with E-state index in [1.54, 1.807) is 38.1 Å². The predicted octanol–water partition coefficient (Wildman–Crippen LogP) is 6.38. The van der Waals surface area contributed by atoms with Gasteiger partial charge in [-0.3, -0.25) is 0 Å². The minimum absolute atomic E-state index is 0.407. The lowest BCUT2D eigenvalue weighted by Gasteiger charge is -2.22. The van der Waals surface area contributed by atoms with Gasteiger partial charge in [0.25, 0.3) is 0 Å². The van der Waals surface area contributed by atoms with Gasteiger partial charge in [-0.15, -0.1) is 10.2 Å². The number of halogens is 1. The van der Waals surface area contributed by atoms with Crippen molar-refractivity contribution in [3.8, 4) is 28.6 Å². The van der Waals surface area contributed by atoms with Gasteiger partial charge in [0.1, 0.15) is 0 Å². The number of aromatic nitrogens is 3. The highest BCUT2D eigenvalue weighted by Crippen LogP contribution is 2.44. The standard InChI is InChI=1S/C24H27ClN4O3S/c1-4-5-6-9-12-33-24-27-23-20(28-29-24)16-10-7-8-11-18(16)26-22(32-23)17-13-15(25)14-19(30-2)21(17)31-3/h7-8,10-11,13-14,22,26H,4-6,9,12H2,1-3H3/t22-/m1/s1. The Bertz CT molecular complexity index is 1120. The van der Waals surface area contributed by atoms with E-state index in [0.29, 0.717) is 38.8 Å². The number of methoxy groups -OCH3 is 2. The first-order chi connectivity index (χ1) is 16.1. The van der Waals surface area contributed by atoms with Crippen molar-refractivity contribution in [3.63, 3.8) is 0 Å². The fourth-order valence-corrected chi connectivity index (χ4v) is 4.69. The van der Waals surface area contributed by atoms with E-state index in [0.717, 1.165) is 23.4 Å². The Labute approximate surface area is 203 Å². The second-order valence-electron chi connectivity index (χ2n) is 7.58.